The number of carboxylic acids is 1. The molecule has 0 amide bonds. The topological polar surface area (TPSA) is 63.3 Å². The van der Waals surface area contributed by atoms with E-state index in [4.69, 9.17) is 10.8 Å². The number of hydrogen-bond donors (Lipinski definition) is 2. The van der Waals surface area contributed by atoms with Gasteiger partial charge in [0.05, 0.1) is 6.42 Å². The van der Waals surface area contributed by atoms with Gasteiger partial charge in [0.1, 0.15) is 0 Å². The van der Waals surface area contributed by atoms with Gasteiger partial charge in [0.15, 0.2) is 0 Å². The third kappa shape index (κ3) is 4.65. The minimum Gasteiger partial charge on any atom is -0.481 e. The van der Waals surface area contributed by atoms with E-state index in [1.165, 1.54) is 0 Å². The Bertz CT molecular complexity index is 218. The molecular weight excluding hydrogens is 190 g/mol. The average molecular weight is 215 g/mol. The van der Waals surface area contributed by atoms with Gasteiger partial charge in [-0.1, -0.05) is 27.2 Å². The van der Waals surface area contributed by atoms with Crippen LogP contribution in [-0.4, -0.2) is 16.6 Å². The van der Waals surface area contributed by atoms with Crippen molar-refractivity contribution in [2.45, 2.75) is 59.4 Å². The molecule has 3 nitrogen and oxygen atoms in total. The molecule has 0 spiro atoms. The lowest BCUT2D eigenvalue weighted by molar-refractivity contribution is -0.140. The summed E-state index contributed by atoms with van der Waals surface area (Å²) in [5.74, 6) is -0.180. The van der Waals surface area contributed by atoms with Crippen molar-refractivity contribution >= 4 is 5.97 Å². The molecule has 90 valence electrons. The highest BCUT2D eigenvalue weighted by Gasteiger charge is 2.39. The Hall–Kier alpha value is -0.570. The SMILES string of the molecule is CC(C)CCC(C)(CC(=O)O)C(C)(C)N. The fraction of sp³-hybridized carbons (Fsp3) is 0.917. The monoisotopic (exact) mass is 215 g/mol. The molecule has 3 N–H and O–H groups in total. The Morgan fingerprint density at radius 3 is 2.07 bits per heavy atom. The van der Waals surface area contributed by atoms with Crippen LogP contribution in [0.15, 0.2) is 0 Å². The molecule has 0 aliphatic heterocycles. The second-order valence-electron chi connectivity index (χ2n) is 5.79. The summed E-state index contributed by atoms with van der Waals surface area (Å²) in [5.41, 5.74) is 5.30. The molecule has 15 heavy (non-hydrogen) atoms. The fourth-order valence-corrected chi connectivity index (χ4v) is 1.58. The summed E-state index contributed by atoms with van der Waals surface area (Å²) >= 11 is 0. The molecule has 0 aromatic rings. The standard InChI is InChI=1S/C12H25NO2/c1-9(2)6-7-12(5,8-10(14)15)11(3,4)13/h9H,6-8,13H2,1-5H3,(H,14,15). The Kier molecular flexibility index (Phi) is 4.78. The van der Waals surface area contributed by atoms with Gasteiger partial charge in [0.25, 0.3) is 0 Å². The molecule has 0 fully saturated rings. The summed E-state index contributed by atoms with van der Waals surface area (Å²) in [5, 5.41) is 8.92. The maximum atomic E-state index is 10.9. The summed E-state index contributed by atoms with van der Waals surface area (Å²) in [6, 6.07) is 0. The zero-order valence-electron chi connectivity index (χ0n) is 10.6. The maximum Gasteiger partial charge on any atom is 0.303 e. The normalized spacial score (nSPS) is 16.5. The lowest BCUT2D eigenvalue weighted by Gasteiger charge is -2.41. The first-order valence-electron chi connectivity index (χ1n) is 5.59. The second-order valence-corrected chi connectivity index (χ2v) is 5.79. The third-order valence-electron chi connectivity index (χ3n) is 3.37. The van der Waals surface area contributed by atoms with Crippen molar-refractivity contribution in [1.82, 2.24) is 0 Å². The molecule has 0 saturated carbocycles. The van der Waals surface area contributed by atoms with Gasteiger partial charge >= 0.3 is 5.97 Å². The minimum absolute atomic E-state index is 0.142. The van der Waals surface area contributed by atoms with Crippen LogP contribution in [-0.2, 0) is 4.79 Å². The Labute approximate surface area is 93.0 Å². The van der Waals surface area contributed by atoms with Crippen LogP contribution >= 0.6 is 0 Å². The van der Waals surface area contributed by atoms with Crippen molar-refractivity contribution in [3.05, 3.63) is 0 Å². The average Bonchev–Trinajstić information content (AvgIpc) is 1.97. The summed E-state index contributed by atoms with van der Waals surface area (Å²) in [7, 11) is 0. The summed E-state index contributed by atoms with van der Waals surface area (Å²) in [6.45, 7) is 10.1. The largest absolute Gasteiger partial charge is 0.481 e. The van der Waals surface area contributed by atoms with Gasteiger partial charge in [0.2, 0.25) is 0 Å². The Balaban J connectivity index is 4.63. The third-order valence-corrected chi connectivity index (χ3v) is 3.37. The lowest BCUT2D eigenvalue weighted by Crippen LogP contribution is -2.50. The van der Waals surface area contributed by atoms with Crippen molar-refractivity contribution in [3.8, 4) is 0 Å². The summed E-state index contributed by atoms with van der Waals surface area (Å²) < 4.78 is 0. The number of rotatable bonds is 6. The molecule has 0 radical (unpaired) electrons. The molecule has 1 unspecified atom stereocenters. The van der Waals surface area contributed by atoms with Crippen LogP contribution in [0, 0.1) is 11.3 Å². The first-order chi connectivity index (χ1) is 6.58. The van der Waals surface area contributed by atoms with E-state index in [9.17, 15) is 4.79 Å². The molecule has 0 aliphatic rings. The molecule has 0 heterocycles. The van der Waals surface area contributed by atoms with Crippen LogP contribution in [0.2, 0.25) is 0 Å². The predicted molar refractivity (Wildman–Crippen MR) is 62.7 cm³/mol. The number of hydrogen-bond acceptors (Lipinski definition) is 2. The van der Waals surface area contributed by atoms with Gasteiger partial charge < -0.3 is 10.8 Å². The van der Waals surface area contributed by atoms with E-state index in [0.29, 0.717) is 5.92 Å². The van der Waals surface area contributed by atoms with E-state index >= 15 is 0 Å². The molecule has 3 heteroatoms. The van der Waals surface area contributed by atoms with E-state index in [1.54, 1.807) is 0 Å². The first-order valence-corrected chi connectivity index (χ1v) is 5.59. The highest BCUT2D eigenvalue weighted by Crippen LogP contribution is 2.38. The highest BCUT2D eigenvalue weighted by molar-refractivity contribution is 5.67. The van der Waals surface area contributed by atoms with Gasteiger partial charge in [-0.3, -0.25) is 4.79 Å². The van der Waals surface area contributed by atoms with Crippen molar-refractivity contribution in [1.29, 1.82) is 0 Å². The molecule has 1 atom stereocenters. The molecular formula is C12H25NO2. The number of nitrogens with two attached hydrogens (primary N) is 1. The minimum atomic E-state index is -0.764. The van der Waals surface area contributed by atoms with Crippen LogP contribution in [0.25, 0.3) is 0 Å². The van der Waals surface area contributed by atoms with E-state index in [-0.39, 0.29) is 11.8 Å². The zero-order chi connectivity index (χ0) is 12.3. The van der Waals surface area contributed by atoms with Crippen LogP contribution in [0.4, 0.5) is 0 Å². The lowest BCUT2D eigenvalue weighted by atomic mass is 9.67. The molecule has 0 aliphatic carbocycles. The molecule has 0 rings (SSSR count). The maximum absolute atomic E-state index is 10.9. The van der Waals surface area contributed by atoms with E-state index in [1.807, 2.05) is 20.8 Å². The van der Waals surface area contributed by atoms with Gasteiger partial charge in [-0.15, -0.1) is 0 Å². The Morgan fingerprint density at radius 2 is 1.80 bits per heavy atom. The van der Waals surface area contributed by atoms with Gasteiger partial charge in [0, 0.05) is 5.54 Å². The fourth-order valence-electron chi connectivity index (χ4n) is 1.58. The van der Waals surface area contributed by atoms with Crippen LogP contribution in [0.5, 0.6) is 0 Å². The number of carbonyl (C=O) groups is 1. The molecule has 0 bridgehead atoms. The molecule has 0 aromatic carbocycles. The smallest absolute Gasteiger partial charge is 0.303 e. The van der Waals surface area contributed by atoms with Gasteiger partial charge in [-0.25, -0.2) is 0 Å². The highest BCUT2D eigenvalue weighted by atomic mass is 16.4. The van der Waals surface area contributed by atoms with Crippen molar-refractivity contribution in [3.63, 3.8) is 0 Å². The van der Waals surface area contributed by atoms with Crippen LogP contribution in [0.1, 0.15) is 53.9 Å². The van der Waals surface area contributed by atoms with E-state index < -0.39 is 11.5 Å². The van der Waals surface area contributed by atoms with Crippen molar-refractivity contribution in [2.24, 2.45) is 17.1 Å². The number of aliphatic carboxylic acids is 1. The van der Waals surface area contributed by atoms with Crippen LogP contribution in [0.3, 0.4) is 0 Å². The van der Waals surface area contributed by atoms with Crippen LogP contribution < -0.4 is 5.73 Å². The first kappa shape index (κ1) is 14.4. The van der Waals surface area contributed by atoms with Gasteiger partial charge in [-0.05, 0) is 31.6 Å². The second kappa shape index (κ2) is 4.97. The Morgan fingerprint density at radius 1 is 1.33 bits per heavy atom. The van der Waals surface area contributed by atoms with Crippen molar-refractivity contribution in [2.75, 3.05) is 0 Å². The number of carboxylic acid groups (broad SMARTS) is 1. The van der Waals surface area contributed by atoms with Gasteiger partial charge in [-0.2, -0.15) is 0 Å². The van der Waals surface area contributed by atoms with Crippen molar-refractivity contribution < 1.29 is 9.90 Å². The summed E-state index contributed by atoms with van der Waals surface area (Å²) in [4.78, 5) is 10.9. The molecule has 0 aromatic heterocycles. The quantitative estimate of drug-likeness (QED) is 0.716. The molecule has 0 saturated heterocycles. The zero-order valence-corrected chi connectivity index (χ0v) is 10.6. The van der Waals surface area contributed by atoms with E-state index in [0.717, 1.165) is 12.8 Å². The summed E-state index contributed by atoms with van der Waals surface area (Å²) in [6.07, 6.45) is 2.02. The van der Waals surface area contributed by atoms with E-state index in [2.05, 4.69) is 13.8 Å². The predicted octanol–water partition coefficient (Wildman–Crippen LogP) is 2.64.